The molecule has 0 fully saturated rings. The molecule has 1 heterocycles. The summed E-state index contributed by atoms with van der Waals surface area (Å²) in [6.07, 6.45) is 1.68. The lowest BCUT2D eigenvalue weighted by atomic mass is 10.0. The minimum atomic E-state index is -0.0372. The lowest BCUT2D eigenvalue weighted by Crippen LogP contribution is -2.20. The minimum Gasteiger partial charge on any atom is -0.375 e. The molecule has 1 aromatic rings. The number of nitrogens with zero attached hydrogens (tertiary/aromatic N) is 1. The van der Waals surface area contributed by atoms with E-state index in [9.17, 15) is 4.79 Å². The molecule has 0 radical (unpaired) electrons. The van der Waals surface area contributed by atoms with Gasteiger partial charge in [0.05, 0.1) is 15.4 Å². The number of carbonyl (C=O) groups is 1. The fourth-order valence-electron chi connectivity index (χ4n) is 1.27. The van der Waals surface area contributed by atoms with Crippen molar-refractivity contribution in [2.75, 3.05) is 5.73 Å². The zero-order valence-corrected chi connectivity index (χ0v) is 8.61. The normalized spacial score (nSPS) is 22.4. The van der Waals surface area contributed by atoms with Gasteiger partial charge < -0.3 is 5.73 Å². The van der Waals surface area contributed by atoms with Crippen molar-refractivity contribution < 1.29 is 4.79 Å². The Hall–Kier alpha value is -0.420. The Bertz CT molecular complexity index is 336. The fraction of sp³-hybridized carbons (Fsp3) is 0.429. The van der Waals surface area contributed by atoms with Crippen LogP contribution in [0.4, 0.5) is 5.13 Å². The molecule has 64 valence electrons. The molecule has 0 spiro atoms. The van der Waals surface area contributed by atoms with Gasteiger partial charge in [-0.2, -0.15) is 0 Å². The van der Waals surface area contributed by atoms with E-state index in [1.165, 1.54) is 11.3 Å². The van der Waals surface area contributed by atoms with Gasteiger partial charge >= 0.3 is 0 Å². The number of aryl methyl sites for hydroxylation is 1. The van der Waals surface area contributed by atoms with Crippen LogP contribution in [0.25, 0.3) is 0 Å². The Morgan fingerprint density at radius 2 is 2.42 bits per heavy atom. The highest BCUT2D eigenvalue weighted by atomic mass is 79.9. The average Bonchev–Trinajstić information content (AvgIpc) is 2.39. The summed E-state index contributed by atoms with van der Waals surface area (Å²) in [6.45, 7) is 0. The van der Waals surface area contributed by atoms with Crippen LogP contribution < -0.4 is 5.73 Å². The summed E-state index contributed by atoms with van der Waals surface area (Å²) in [5, 5.41) is 0.495. The van der Waals surface area contributed by atoms with Crippen LogP contribution in [0.5, 0.6) is 0 Å². The number of ketones is 1. The number of carbonyl (C=O) groups excluding carboxylic acids is 1. The first kappa shape index (κ1) is 8.19. The Morgan fingerprint density at radius 3 is 3.17 bits per heavy atom. The predicted molar refractivity (Wildman–Crippen MR) is 51.9 cm³/mol. The second kappa shape index (κ2) is 2.81. The number of anilines is 1. The first-order valence-corrected chi connectivity index (χ1v) is 5.35. The number of nitrogen functional groups attached to an aromatic ring is 1. The van der Waals surface area contributed by atoms with Gasteiger partial charge in [0.2, 0.25) is 0 Å². The first-order chi connectivity index (χ1) is 5.68. The smallest absolute Gasteiger partial charge is 0.188 e. The van der Waals surface area contributed by atoms with Crippen LogP contribution in [0, 0.1) is 0 Å². The average molecular weight is 247 g/mol. The number of aromatic nitrogens is 1. The number of Topliss-reactive ketones (excluding diaryl/α,β-unsaturated/α-hetero) is 1. The monoisotopic (exact) mass is 246 g/mol. The molecule has 3 nitrogen and oxygen atoms in total. The molecule has 1 aliphatic carbocycles. The molecule has 0 amide bonds. The summed E-state index contributed by atoms with van der Waals surface area (Å²) >= 11 is 4.61. The highest BCUT2D eigenvalue weighted by molar-refractivity contribution is 9.10. The van der Waals surface area contributed by atoms with E-state index in [0.29, 0.717) is 5.13 Å². The predicted octanol–water partition coefficient (Wildman–Crippen LogP) is 1.62. The van der Waals surface area contributed by atoms with Crippen molar-refractivity contribution in [3.8, 4) is 0 Å². The Morgan fingerprint density at radius 1 is 1.67 bits per heavy atom. The van der Waals surface area contributed by atoms with E-state index < -0.39 is 0 Å². The summed E-state index contributed by atoms with van der Waals surface area (Å²) in [5.41, 5.74) is 6.38. The topological polar surface area (TPSA) is 56.0 Å². The van der Waals surface area contributed by atoms with Crippen molar-refractivity contribution in [2.45, 2.75) is 17.7 Å². The van der Waals surface area contributed by atoms with E-state index in [4.69, 9.17) is 5.73 Å². The molecule has 0 saturated heterocycles. The molecule has 0 saturated carbocycles. The number of hydrogen-bond donors (Lipinski definition) is 1. The summed E-state index contributed by atoms with van der Waals surface area (Å²) < 4.78 is 0. The summed E-state index contributed by atoms with van der Waals surface area (Å²) in [4.78, 5) is 16.3. The van der Waals surface area contributed by atoms with E-state index in [1.807, 2.05) is 0 Å². The van der Waals surface area contributed by atoms with Crippen LogP contribution in [0.1, 0.15) is 21.8 Å². The maximum atomic E-state index is 11.5. The molecule has 1 aliphatic rings. The Balaban J connectivity index is 2.48. The third-order valence-corrected chi connectivity index (χ3v) is 3.67. The third-order valence-electron chi connectivity index (χ3n) is 1.86. The van der Waals surface area contributed by atoms with E-state index in [0.717, 1.165) is 23.4 Å². The van der Waals surface area contributed by atoms with Gasteiger partial charge in [0.15, 0.2) is 10.9 Å². The zero-order chi connectivity index (χ0) is 8.72. The summed E-state index contributed by atoms with van der Waals surface area (Å²) in [5.74, 6) is 0.130. The van der Waals surface area contributed by atoms with Gasteiger partial charge in [0.1, 0.15) is 0 Å². The van der Waals surface area contributed by atoms with Crippen molar-refractivity contribution in [3.63, 3.8) is 0 Å². The largest absolute Gasteiger partial charge is 0.375 e. The van der Waals surface area contributed by atoms with Gasteiger partial charge in [-0.15, -0.1) is 0 Å². The fourth-order valence-corrected chi connectivity index (χ4v) is 2.75. The number of halogens is 1. The van der Waals surface area contributed by atoms with Gasteiger partial charge in [-0.05, 0) is 12.8 Å². The van der Waals surface area contributed by atoms with E-state index in [2.05, 4.69) is 20.9 Å². The van der Waals surface area contributed by atoms with Gasteiger partial charge in [-0.1, -0.05) is 27.3 Å². The van der Waals surface area contributed by atoms with Gasteiger partial charge in [-0.25, -0.2) is 4.98 Å². The number of rotatable bonds is 0. The molecular formula is C7H7BrN2OS. The first-order valence-electron chi connectivity index (χ1n) is 3.62. The molecule has 1 atom stereocenters. The second-order valence-corrected chi connectivity index (χ2v) is 4.83. The maximum Gasteiger partial charge on any atom is 0.188 e. The molecule has 2 rings (SSSR count). The zero-order valence-electron chi connectivity index (χ0n) is 6.21. The molecule has 0 aliphatic heterocycles. The van der Waals surface area contributed by atoms with Crippen LogP contribution in [0.3, 0.4) is 0 Å². The number of alkyl halides is 1. The highest BCUT2D eigenvalue weighted by Gasteiger charge is 2.28. The molecular weight excluding hydrogens is 240 g/mol. The third kappa shape index (κ3) is 1.17. The molecule has 0 aromatic carbocycles. The summed E-state index contributed by atoms with van der Waals surface area (Å²) in [6, 6.07) is 0. The Kier molecular flexibility index (Phi) is 1.92. The van der Waals surface area contributed by atoms with Crippen molar-refractivity contribution in [3.05, 3.63) is 10.6 Å². The van der Waals surface area contributed by atoms with Gasteiger partial charge in [0.25, 0.3) is 0 Å². The van der Waals surface area contributed by atoms with E-state index >= 15 is 0 Å². The van der Waals surface area contributed by atoms with Crippen molar-refractivity contribution in [2.24, 2.45) is 0 Å². The molecule has 5 heteroatoms. The maximum absolute atomic E-state index is 11.5. The van der Waals surface area contributed by atoms with Crippen molar-refractivity contribution in [1.82, 2.24) is 4.98 Å². The lowest BCUT2D eigenvalue weighted by Gasteiger charge is -2.12. The Labute approximate surface area is 82.1 Å². The van der Waals surface area contributed by atoms with Crippen LogP contribution in [-0.2, 0) is 6.42 Å². The summed E-state index contributed by atoms with van der Waals surface area (Å²) in [7, 11) is 0. The minimum absolute atomic E-state index is 0.0372. The SMILES string of the molecule is Nc1nc2c(s1)C(=O)[C@H](Br)CC2. The second-order valence-electron chi connectivity index (χ2n) is 2.70. The van der Waals surface area contributed by atoms with Crippen LogP contribution >= 0.6 is 27.3 Å². The van der Waals surface area contributed by atoms with Crippen molar-refractivity contribution >= 4 is 38.2 Å². The van der Waals surface area contributed by atoms with Crippen LogP contribution in [0.2, 0.25) is 0 Å². The van der Waals surface area contributed by atoms with Crippen molar-refractivity contribution in [1.29, 1.82) is 0 Å². The van der Waals surface area contributed by atoms with E-state index in [-0.39, 0.29) is 10.6 Å². The molecule has 0 unspecified atom stereocenters. The number of fused-ring (bicyclic) bond motifs is 1. The quantitative estimate of drug-likeness (QED) is 0.708. The molecule has 0 bridgehead atoms. The standard InChI is InChI=1S/C7H7BrN2OS/c8-3-1-2-4-6(5(3)11)12-7(9)10-4/h3H,1-2H2,(H2,9,10)/t3-/m1/s1. The van der Waals surface area contributed by atoms with Gasteiger partial charge in [-0.3, -0.25) is 4.79 Å². The van der Waals surface area contributed by atoms with Crippen LogP contribution in [0.15, 0.2) is 0 Å². The number of hydrogen-bond acceptors (Lipinski definition) is 4. The number of thiazole rings is 1. The molecule has 1 aromatic heterocycles. The highest BCUT2D eigenvalue weighted by Crippen LogP contribution is 2.30. The number of nitrogens with two attached hydrogens (primary N) is 1. The lowest BCUT2D eigenvalue weighted by molar-refractivity contribution is 0.0985. The van der Waals surface area contributed by atoms with Gasteiger partial charge in [0, 0.05) is 0 Å². The molecule has 12 heavy (non-hydrogen) atoms. The van der Waals surface area contributed by atoms with Crippen LogP contribution in [-0.4, -0.2) is 15.6 Å². The van der Waals surface area contributed by atoms with E-state index in [1.54, 1.807) is 0 Å². The molecule has 2 N–H and O–H groups in total.